The molecule has 3 fully saturated rings. The number of likely N-dealkylation sites (tertiary alicyclic amines) is 1. The summed E-state index contributed by atoms with van der Waals surface area (Å²) < 4.78 is 26.5. The molecular weight excluding hydrogens is 697 g/mol. The SMILES string of the molecule is CCCNC(=O)C(=O)C(CC1CC1)NC(=O)[C@@H]1[C@@H]2[C@H](CN1C(=O)[C@@H](NC(=O)N[C@H](CN(C)S(=O)(=O)CC)C(C)(C)C)C1Cc3ccccc3C1)C2(C)C. The van der Waals surface area contributed by atoms with E-state index in [9.17, 15) is 32.4 Å². The van der Waals surface area contributed by atoms with Crippen LogP contribution >= 0.6 is 0 Å². The van der Waals surface area contributed by atoms with Crippen molar-refractivity contribution in [3.8, 4) is 0 Å². The van der Waals surface area contributed by atoms with Gasteiger partial charge in [-0.2, -0.15) is 0 Å². The van der Waals surface area contributed by atoms with Crippen molar-refractivity contribution in [2.24, 2.45) is 34.5 Å². The van der Waals surface area contributed by atoms with Gasteiger partial charge in [0.25, 0.3) is 5.91 Å². The normalized spacial score (nSPS) is 23.7. The molecule has 5 amide bonds. The molecule has 1 aliphatic heterocycles. The molecule has 6 atom stereocenters. The second kappa shape index (κ2) is 15.7. The smallest absolute Gasteiger partial charge is 0.315 e. The first-order chi connectivity index (χ1) is 24.8. The Balaban J connectivity index is 1.40. The van der Waals surface area contributed by atoms with Gasteiger partial charge in [0.15, 0.2) is 0 Å². The molecule has 1 unspecified atom stereocenters. The number of hydrogen-bond acceptors (Lipinski definition) is 7. The lowest BCUT2D eigenvalue weighted by atomic mass is 9.86. The fraction of sp³-hybridized carbons (Fsp3) is 0.718. The minimum absolute atomic E-state index is 0.0462. The Bertz CT molecular complexity index is 1660. The highest BCUT2D eigenvalue weighted by molar-refractivity contribution is 7.89. The van der Waals surface area contributed by atoms with E-state index in [4.69, 9.17) is 0 Å². The number of sulfonamides is 1. The zero-order chi connectivity index (χ0) is 39.0. The predicted octanol–water partition coefficient (Wildman–Crippen LogP) is 2.63. The molecule has 0 spiro atoms. The van der Waals surface area contributed by atoms with Gasteiger partial charge in [0, 0.05) is 32.7 Å². The number of amides is 5. The van der Waals surface area contributed by atoms with E-state index in [-0.39, 0.29) is 47.3 Å². The van der Waals surface area contributed by atoms with E-state index < -0.39 is 63.2 Å². The van der Waals surface area contributed by atoms with Crippen molar-refractivity contribution >= 4 is 39.6 Å². The Morgan fingerprint density at radius 2 is 1.60 bits per heavy atom. The van der Waals surface area contributed by atoms with Crippen LogP contribution in [0, 0.1) is 34.5 Å². The molecule has 5 rings (SSSR count). The van der Waals surface area contributed by atoms with Gasteiger partial charge in [0.2, 0.25) is 27.6 Å². The number of ketones is 1. The maximum absolute atomic E-state index is 14.9. The first-order valence-corrected chi connectivity index (χ1v) is 20.9. The number of nitrogens with one attached hydrogen (secondary N) is 4. The summed E-state index contributed by atoms with van der Waals surface area (Å²) in [6, 6.07) is 3.91. The molecule has 53 heavy (non-hydrogen) atoms. The molecule has 294 valence electrons. The Morgan fingerprint density at radius 3 is 2.15 bits per heavy atom. The van der Waals surface area contributed by atoms with Crippen molar-refractivity contribution in [1.82, 2.24) is 30.5 Å². The molecule has 4 aliphatic rings. The third kappa shape index (κ3) is 9.07. The number of benzene rings is 1. The molecule has 14 heteroatoms. The van der Waals surface area contributed by atoms with Gasteiger partial charge in [-0.25, -0.2) is 17.5 Å². The summed E-state index contributed by atoms with van der Waals surface area (Å²) in [5, 5.41) is 11.5. The highest BCUT2D eigenvalue weighted by Crippen LogP contribution is 2.65. The van der Waals surface area contributed by atoms with E-state index in [2.05, 4.69) is 35.1 Å². The topological polar surface area (TPSA) is 174 Å². The summed E-state index contributed by atoms with van der Waals surface area (Å²) in [6.45, 7) is 14.1. The minimum atomic E-state index is -3.51. The van der Waals surface area contributed by atoms with E-state index in [1.807, 2.05) is 52.0 Å². The van der Waals surface area contributed by atoms with E-state index >= 15 is 0 Å². The van der Waals surface area contributed by atoms with Gasteiger partial charge in [0.05, 0.1) is 11.8 Å². The number of hydrogen-bond donors (Lipinski definition) is 4. The van der Waals surface area contributed by atoms with Crippen LogP contribution in [-0.2, 0) is 42.0 Å². The monoisotopic (exact) mass is 756 g/mol. The number of rotatable bonds is 16. The number of Topliss-reactive ketones (excluding diaryl/α,β-unsaturated/α-hetero) is 1. The molecule has 0 radical (unpaired) electrons. The zero-order valence-corrected chi connectivity index (χ0v) is 33.5. The Kier molecular flexibility index (Phi) is 12.0. The van der Waals surface area contributed by atoms with Gasteiger partial charge < -0.3 is 26.2 Å². The molecule has 4 N–H and O–H groups in total. The van der Waals surface area contributed by atoms with E-state index in [0.717, 1.165) is 24.0 Å². The Morgan fingerprint density at radius 1 is 0.981 bits per heavy atom. The lowest BCUT2D eigenvalue weighted by Crippen LogP contribution is -2.61. The number of nitrogens with zero attached hydrogens (tertiary/aromatic N) is 2. The summed E-state index contributed by atoms with van der Waals surface area (Å²) >= 11 is 0. The van der Waals surface area contributed by atoms with E-state index in [0.29, 0.717) is 38.8 Å². The van der Waals surface area contributed by atoms with Gasteiger partial charge >= 0.3 is 6.03 Å². The molecule has 0 bridgehead atoms. The quantitative estimate of drug-likeness (QED) is 0.188. The zero-order valence-electron chi connectivity index (χ0n) is 32.7. The first-order valence-electron chi connectivity index (χ1n) is 19.3. The molecule has 1 saturated heterocycles. The standard InChI is InChI=1S/C39H60N6O7S/c1-9-17-40-35(48)33(46)28(18-23-15-16-23)41-34(47)32-30-27(39(30,6)7)21-45(32)36(49)31(26-19-24-13-11-12-14-25(24)20-26)43-37(50)42-29(38(3,4)5)22-44(8)53(51,52)10-2/h11-14,23,26-32H,9-10,15-22H2,1-8H3,(H,40,48)(H,41,47)(H2,42,43,50)/t27-,28?,29+,30-,31-,32-/m0/s1. The van der Waals surface area contributed by atoms with Crippen LogP contribution in [0.3, 0.4) is 0 Å². The molecule has 13 nitrogen and oxygen atoms in total. The second-order valence-corrected chi connectivity index (χ2v) is 19.7. The van der Waals surface area contributed by atoms with Crippen molar-refractivity contribution in [2.75, 3.05) is 32.4 Å². The number of fused-ring (bicyclic) bond motifs is 2. The predicted molar refractivity (Wildman–Crippen MR) is 202 cm³/mol. The van der Waals surface area contributed by atoms with Gasteiger partial charge in [-0.15, -0.1) is 0 Å². The van der Waals surface area contributed by atoms with Crippen LogP contribution in [0.1, 0.15) is 85.3 Å². The van der Waals surface area contributed by atoms with Crippen LogP contribution in [0.2, 0.25) is 0 Å². The lowest BCUT2D eigenvalue weighted by molar-refractivity contribution is -0.144. The van der Waals surface area contributed by atoms with E-state index in [1.54, 1.807) is 11.8 Å². The minimum Gasteiger partial charge on any atom is -0.349 e. The highest BCUT2D eigenvalue weighted by atomic mass is 32.2. The fourth-order valence-corrected chi connectivity index (χ4v) is 9.15. The van der Waals surface area contributed by atoms with Crippen molar-refractivity contribution < 1.29 is 32.4 Å². The first kappa shape index (κ1) is 40.7. The van der Waals surface area contributed by atoms with Crippen LogP contribution in [0.25, 0.3) is 0 Å². The molecular formula is C39H60N6O7S. The summed E-state index contributed by atoms with van der Waals surface area (Å²) in [7, 11) is -2.02. The maximum Gasteiger partial charge on any atom is 0.315 e. The van der Waals surface area contributed by atoms with Crippen LogP contribution in [-0.4, -0.2) is 104 Å². The van der Waals surface area contributed by atoms with Crippen molar-refractivity contribution in [3.05, 3.63) is 35.4 Å². The lowest BCUT2D eigenvalue weighted by Gasteiger charge is -2.37. The van der Waals surface area contributed by atoms with Crippen LogP contribution < -0.4 is 21.3 Å². The molecule has 3 aliphatic carbocycles. The second-order valence-electron chi connectivity index (χ2n) is 17.4. The highest BCUT2D eigenvalue weighted by Gasteiger charge is 2.70. The van der Waals surface area contributed by atoms with Crippen LogP contribution in [0.4, 0.5) is 4.79 Å². The molecule has 1 aromatic rings. The van der Waals surface area contributed by atoms with Gasteiger partial charge in [-0.3, -0.25) is 19.2 Å². The van der Waals surface area contributed by atoms with Crippen molar-refractivity contribution in [3.63, 3.8) is 0 Å². The summed E-state index contributed by atoms with van der Waals surface area (Å²) in [5.41, 5.74) is 1.46. The number of carbonyl (C=O) groups excluding carboxylic acids is 5. The average molecular weight is 757 g/mol. The number of piperidine rings is 1. The Labute approximate surface area is 315 Å². The summed E-state index contributed by atoms with van der Waals surface area (Å²) in [6.07, 6.45) is 4.02. The van der Waals surface area contributed by atoms with Crippen LogP contribution in [0.5, 0.6) is 0 Å². The molecule has 1 heterocycles. The number of urea groups is 1. The number of carbonyl (C=O) groups is 5. The molecule has 2 saturated carbocycles. The maximum atomic E-state index is 14.9. The van der Waals surface area contributed by atoms with Gasteiger partial charge in [0.1, 0.15) is 12.1 Å². The van der Waals surface area contributed by atoms with Crippen molar-refractivity contribution in [2.45, 2.75) is 111 Å². The third-order valence-corrected chi connectivity index (χ3v) is 14.0. The van der Waals surface area contributed by atoms with Gasteiger partial charge in [-0.1, -0.05) is 78.6 Å². The van der Waals surface area contributed by atoms with E-state index in [1.165, 1.54) is 11.4 Å². The number of likely N-dealkylation sites (N-methyl/N-ethyl adjacent to an activating group) is 1. The fourth-order valence-electron chi connectivity index (χ4n) is 8.33. The van der Waals surface area contributed by atoms with Gasteiger partial charge in [-0.05, 0) is 78.2 Å². The molecule has 0 aromatic heterocycles. The van der Waals surface area contributed by atoms with Crippen LogP contribution in [0.15, 0.2) is 24.3 Å². The molecule has 1 aromatic carbocycles. The Hall–Kier alpha value is -3.52. The summed E-state index contributed by atoms with van der Waals surface area (Å²) in [4.78, 5) is 70.7. The summed E-state index contributed by atoms with van der Waals surface area (Å²) in [5.74, 6) is -2.41. The third-order valence-electron chi connectivity index (χ3n) is 12.2. The largest absolute Gasteiger partial charge is 0.349 e. The van der Waals surface area contributed by atoms with Crippen molar-refractivity contribution in [1.29, 1.82) is 0 Å². The average Bonchev–Trinajstić information content (AvgIpc) is 3.85.